The monoisotopic (exact) mass is 493 g/mol. The van der Waals surface area contributed by atoms with Crippen LogP contribution in [0.5, 0.6) is 5.75 Å². The molecular weight excluding hydrogens is 466 g/mol. The molecule has 1 unspecified atom stereocenters. The van der Waals surface area contributed by atoms with Gasteiger partial charge in [-0.3, -0.25) is 14.3 Å². The zero-order valence-electron chi connectivity index (χ0n) is 19.6. The molecule has 1 fully saturated rings. The number of hydrogen-bond acceptors (Lipinski definition) is 7. The third-order valence-corrected chi connectivity index (χ3v) is 6.74. The first-order chi connectivity index (χ1) is 17.4. The number of aliphatic carboxylic acids is 1. The molecule has 2 aromatic heterocycles. The Bertz CT molecular complexity index is 1330. The lowest BCUT2D eigenvalue weighted by Gasteiger charge is -2.26. The standard InChI is InChI=1S/C25H27N5O6/c31-22-20(26-15-27-23(22)32)12-21(24(33)34)30-14-19-11-18(13-29(19)25(30)35)17-3-1-16(2-4-17)5-6-28-7-9-36-10-8-28/h1-4,11,13,15,21,31H,5-10,12,14H2,(H,33,34)(H,26,27,32). The summed E-state index contributed by atoms with van der Waals surface area (Å²) in [7, 11) is 0. The second-order valence-corrected chi connectivity index (χ2v) is 8.99. The molecule has 2 aliphatic heterocycles. The Morgan fingerprint density at radius 3 is 2.58 bits per heavy atom. The summed E-state index contributed by atoms with van der Waals surface area (Å²) in [6.07, 6.45) is 3.46. The van der Waals surface area contributed by atoms with Gasteiger partial charge < -0.3 is 24.8 Å². The molecule has 1 saturated heterocycles. The highest BCUT2D eigenvalue weighted by atomic mass is 16.5. The number of aromatic nitrogens is 3. The fraction of sp³-hybridized carbons (Fsp3) is 0.360. The fourth-order valence-corrected chi connectivity index (χ4v) is 4.66. The largest absolute Gasteiger partial charge is 0.502 e. The fourth-order valence-electron chi connectivity index (χ4n) is 4.66. The summed E-state index contributed by atoms with van der Waals surface area (Å²) in [6, 6.07) is 8.36. The molecule has 11 heteroatoms. The Morgan fingerprint density at radius 1 is 1.14 bits per heavy atom. The summed E-state index contributed by atoms with van der Waals surface area (Å²) < 4.78 is 6.84. The van der Waals surface area contributed by atoms with Crippen LogP contribution >= 0.6 is 0 Å². The van der Waals surface area contributed by atoms with Crippen molar-refractivity contribution in [2.45, 2.75) is 25.4 Å². The number of morpholine rings is 1. The van der Waals surface area contributed by atoms with Gasteiger partial charge in [-0.15, -0.1) is 0 Å². The Morgan fingerprint density at radius 2 is 1.89 bits per heavy atom. The number of rotatable bonds is 8. The van der Waals surface area contributed by atoms with E-state index in [9.17, 15) is 24.6 Å². The number of carbonyl (C=O) groups is 2. The van der Waals surface area contributed by atoms with Gasteiger partial charge in [0.1, 0.15) is 6.04 Å². The molecule has 0 saturated carbocycles. The molecule has 2 aliphatic rings. The van der Waals surface area contributed by atoms with Gasteiger partial charge in [-0.05, 0) is 23.6 Å². The van der Waals surface area contributed by atoms with Crippen LogP contribution in [0.25, 0.3) is 11.1 Å². The summed E-state index contributed by atoms with van der Waals surface area (Å²) in [5, 5.41) is 19.7. The van der Waals surface area contributed by atoms with Gasteiger partial charge in [-0.1, -0.05) is 24.3 Å². The highest BCUT2D eigenvalue weighted by molar-refractivity contribution is 5.88. The smallest absolute Gasteiger partial charge is 0.329 e. The molecule has 1 aromatic carbocycles. The number of hydrogen-bond donors (Lipinski definition) is 3. The van der Waals surface area contributed by atoms with Crippen molar-refractivity contribution in [2.75, 3.05) is 32.8 Å². The van der Waals surface area contributed by atoms with Gasteiger partial charge in [0.05, 0.1) is 31.8 Å². The summed E-state index contributed by atoms with van der Waals surface area (Å²) in [6.45, 7) is 4.58. The highest BCUT2D eigenvalue weighted by Crippen LogP contribution is 2.29. The average molecular weight is 494 g/mol. The van der Waals surface area contributed by atoms with Crippen LogP contribution in [-0.2, 0) is 28.9 Å². The number of carboxylic acids is 1. The van der Waals surface area contributed by atoms with Crippen molar-refractivity contribution in [3.63, 3.8) is 0 Å². The van der Waals surface area contributed by atoms with E-state index < -0.39 is 29.4 Å². The second-order valence-electron chi connectivity index (χ2n) is 8.99. The van der Waals surface area contributed by atoms with E-state index in [-0.39, 0.29) is 18.7 Å². The number of ether oxygens (including phenoxy) is 1. The van der Waals surface area contributed by atoms with Crippen LogP contribution < -0.4 is 5.56 Å². The van der Waals surface area contributed by atoms with E-state index in [1.807, 2.05) is 18.2 Å². The molecule has 3 aromatic rings. The summed E-state index contributed by atoms with van der Waals surface area (Å²) >= 11 is 0. The molecule has 0 radical (unpaired) electrons. The van der Waals surface area contributed by atoms with Crippen LogP contribution in [-0.4, -0.2) is 85.4 Å². The Balaban J connectivity index is 1.27. The normalized spacial score (nSPS) is 16.8. The Labute approximate surface area is 206 Å². The first-order valence-corrected chi connectivity index (χ1v) is 11.8. The summed E-state index contributed by atoms with van der Waals surface area (Å²) in [5.74, 6) is -1.89. The summed E-state index contributed by atoms with van der Waals surface area (Å²) in [5.41, 5.74) is 2.91. The van der Waals surface area contributed by atoms with E-state index in [1.54, 1.807) is 6.20 Å². The van der Waals surface area contributed by atoms with E-state index >= 15 is 0 Å². The van der Waals surface area contributed by atoms with Crippen LogP contribution in [0.3, 0.4) is 0 Å². The van der Waals surface area contributed by atoms with Crippen LogP contribution in [0.4, 0.5) is 4.79 Å². The molecule has 36 heavy (non-hydrogen) atoms. The van der Waals surface area contributed by atoms with E-state index in [0.29, 0.717) is 5.69 Å². The maximum absolute atomic E-state index is 13.1. The van der Waals surface area contributed by atoms with E-state index in [0.717, 1.165) is 56.7 Å². The molecule has 5 rings (SSSR count). The van der Waals surface area contributed by atoms with Crippen molar-refractivity contribution in [3.05, 3.63) is 70.2 Å². The number of benzene rings is 1. The summed E-state index contributed by atoms with van der Waals surface area (Å²) in [4.78, 5) is 46.4. The predicted molar refractivity (Wildman–Crippen MR) is 129 cm³/mol. The van der Waals surface area contributed by atoms with Gasteiger partial charge in [0.2, 0.25) is 5.75 Å². The van der Waals surface area contributed by atoms with Crippen LogP contribution in [0.2, 0.25) is 0 Å². The number of H-pyrrole nitrogens is 1. The van der Waals surface area contributed by atoms with Crippen LogP contribution in [0.15, 0.2) is 47.7 Å². The molecular formula is C25H27N5O6. The number of aromatic hydroxyl groups is 1. The SMILES string of the molecule is O=C(O)C(Cc1nc[nH]c(=O)c1O)N1Cc2cc(-c3ccc(CCN4CCOCC4)cc3)cn2C1=O. The predicted octanol–water partition coefficient (Wildman–Crippen LogP) is 1.30. The number of aromatic amines is 1. The minimum atomic E-state index is -1.29. The molecule has 0 aliphatic carbocycles. The van der Waals surface area contributed by atoms with E-state index in [2.05, 4.69) is 27.0 Å². The third kappa shape index (κ3) is 4.75. The first kappa shape index (κ1) is 23.8. The highest BCUT2D eigenvalue weighted by Gasteiger charge is 2.37. The minimum absolute atomic E-state index is 0.0788. The van der Waals surface area contributed by atoms with Crippen LogP contribution in [0.1, 0.15) is 17.0 Å². The minimum Gasteiger partial charge on any atom is -0.502 e. The lowest BCUT2D eigenvalue weighted by Crippen LogP contribution is -2.44. The molecule has 1 amide bonds. The zero-order valence-corrected chi connectivity index (χ0v) is 19.6. The van der Waals surface area contributed by atoms with Crippen molar-refractivity contribution in [3.8, 4) is 16.9 Å². The molecule has 11 nitrogen and oxygen atoms in total. The van der Waals surface area contributed by atoms with Crippen molar-refractivity contribution >= 4 is 12.0 Å². The maximum atomic E-state index is 13.1. The van der Waals surface area contributed by atoms with Gasteiger partial charge in [0, 0.05) is 43.5 Å². The molecule has 0 bridgehead atoms. The molecule has 0 spiro atoms. The number of amides is 1. The van der Waals surface area contributed by atoms with Crippen molar-refractivity contribution in [2.24, 2.45) is 0 Å². The topological polar surface area (TPSA) is 141 Å². The van der Waals surface area contributed by atoms with Gasteiger partial charge in [-0.2, -0.15) is 0 Å². The van der Waals surface area contributed by atoms with E-state index in [4.69, 9.17) is 4.74 Å². The third-order valence-electron chi connectivity index (χ3n) is 6.74. The quantitative estimate of drug-likeness (QED) is 0.426. The van der Waals surface area contributed by atoms with Gasteiger partial charge in [-0.25, -0.2) is 14.6 Å². The number of nitrogens with one attached hydrogen (secondary N) is 1. The lowest BCUT2D eigenvalue weighted by atomic mass is 10.0. The van der Waals surface area contributed by atoms with Crippen molar-refractivity contribution in [1.82, 2.24) is 24.3 Å². The van der Waals surface area contributed by atoms with Gasteiger partial charge in [0.15, 0.2) is 0 Å². The lowest BCUT2D eigenvalue weighted by molar-refractivity contribution is -0.142. The number of fused-ring (bicyclic) bond motifs is 1. The first-order valence-electron chi connectivity index (χ1n) is 11.8. The second kappa shape index (κ2) is 9.96. The Kier molecular flexibility index (Phi) is 6.57. The van der Waals surface area contributed by atoms with Gasteiger partial charge in [0.25, 0.3) is 5.56 Å². The molecule has 3 N–H and O–H groups in total. The van der Waals surface area contributed by atoms with E-state index in [1.165, 1.54) is 15.0 Å². The zero-order chi connectivity index (χ0) is 25.2. The number of carbonyl (C=O) groups excluding carboxylic acids is 1. The van der Waals surface area contributed by atoms with Crippen molar-refractivity contribution < 1.29 is 24.5 Å². The van der Waals surface area contributed by atoms with Gasteiger partial charge >= 0.3 is 12.0 Å². The molecule has 1 atom stereocenters. The van der Waals surface area contributed by atoms with Crippen molar-refractivity contribution in [1.29, 1.82) is 0 Å². The molecule has 4 heterocycles. The maximum Gasteiger partial charge on any atom is 0.329 e. The van der Waals surface area contributed by atoms with Crippen LogP contribution in [0, 0.1) is 0 Å². The molecule has 188 valence electrons. The number of carboxylic acid groups (broad SMARTS) is 1. The number of nitrogens with zero attached hydrogens (tertiary/aromatic N) is 4. The average Bonchev–Trinajstić information content (AvgIpc) is 3.43. The Hall–Kier alpha value is -3.96.